The van der Waals surface area contributed by atoms with Crippen molar-refractivity contribution in [2.75, 3.05) is 39.3 Å². The Labute approximate surface area is 168 Å². The van der Waals surface area contributed by atoms with Crippen LogP contribution >= 0.6 is 0 Å². The summed E-state index contributed by atoms with van der Waals surface area (Å²) >= 11 is 0. The maximum atomic E-state index is 5.84. The van der Waals surface area contributed by atoms with Crippen LogP contribution in [0.1, 0.15) is 5.56 Å². The molecule has 0 bridgehead atoms. The van der Waals surface area contributed by atoms with Gasteiger partial charge < -0.3 is 4.74 Å². The molecule has 3 heteroatoms. The Hall–Kier alpha value is -2.62. The summed E-state index contributed by atoms with van der Waals surface area (Å²) in [6.45, 7) is 7.17. The molecule has 0 aliphatic carbocycles. The van der Waals surface area contributed by atoms with Crippen molar-refractivity contribution in [3.63, 3.8) is 0 Å². The summed E-state index contributed by atoms with van der Waals surface area (Å²) < 4.78 is 5.84. The van der Waals surface area contributed by atoms with Crippen LogP contribution in [0.5, 0.6) is 5.75 Å². The summed E-state index contributed by atoms with van der Waals surface area (Å²) in [5, 5.41) is 0. The molecule has 0 atom stereocenters. The fraction of sp³-hybridized carbons (Fsp3) is 0.280. The summed E-state index contributed by atoms with van der Waals surface area (Å²) in [5.41, 5.74) is 4.06. The van der Waals surface area contributed by atoms with Gasteiger partial charge in [0.15, 0.2) is 0 Å². The van der Waals surface area contributed by atoms with E-state index in [2.05, 4.69) is 64.4 Å². The van der Waals surface area contributed by atoms with Crippen LogP contribution in [0, 0.1) is 0 Å². The lowest BCUT2D eigenvalue weighted by molar-refractivity contribution is 0.112. The van der Waals surface area contributed by atoms with Gasteiger partial charge in [-0.3, -0.25) is 9.80 Å². The first kappa shape index (κ1) is 18.7. The quantitative estimate of drug-likeness (QED) is 0.605. The van der Waals surface area contributed by atoms with Crippen LogP contribution in [0.25, 0.3) is 11.1 Å². The molecule has 1 fully saturated rings. The van der Waals surface area contributed by atoms with Crippen molar-refractivity contribution in [3.05, 3.63) is 90.5 Å². The van der Waals surface area contributed by atoms with Crippen LogP contribution in [0.4, 0.5) is 0 Å². The lowest BCUT2D eigenvalue weighted by Gasteiger charge is -2.35. The van der Waals surface area contributed by atoms with Gasteiger partial charge in [-0.25, -0.2) is 0 Å². The predicted octanol–water partition coefficient (Wildman–Crippen LogP) is 4.55. The summed E-state index contributed by atoms with van der Waals surface area (Å²) in [6.07, 6.45) is 0. The SMILES string of the molecule is c1ccc(OCCN2CCN(Cc3ccccc3-c3ccccc3)CC2)cc1. The molecule has 1 saturated heterocycles. The zero-order chi connectivity index (χ0) is 19.0. The number of piperazine rings is 1. The molecule has 0 N–H and O–H groups in total. The summed E-state index contributed by atoms with van der Waals surface area (Å²) in [6, 6.07) is 29.6. The number of hydrogen-bond acceptors (Lipinski definition) is 3. The van der Waals surface area contributed by atoms with Crippen molar-refractivity contribution in [1.29, 1.82) is 0 Å². The standard InChI is InChI=1S/C25H28N2O/c1-3-9-22(10-4-1)25-14-8-7-11-23(25)21-27-17-15-26(16-18-27)19-20-28-24-12-5-2-6-13-24/h1-14H,15-21H2. The van der Waals surface area contributed by atoms with Gasteiger partial charge in [-0.15, -0.1) is 0 Å². The molecule has 0 unspecified atom stereocenters. The Morgan fingerprint density at radius 2 is 1.25 bits per heavy atom. The minimum absolute atomic E-state index is 0.751. The molecule has 0 saturated carbocycles. The highest BCUT2D eigenvalue weighted by Crippen LogP contribution is 2.24. The second-order valence-corrected chi connectivity index (χ2v) is 7.30. The van der Waals surface area contributed by atoms with E-state index in [1.807, 2.05) is 30.3 Å². The van der Waals surface area contributed by atoms with E-state index in [0.717, 1.165) is 51.6 Å². The first-order chi connectivity index (χ1) is 13.9. The molecule has 144 valence electrons. The Bertz CT molecular complexity index is 843. The van der Waals surface area contributed by atoms with Crippen molar-refractivity contribution in [2.24, 2.45) is 0 Å². The lowest BCUT2D eigenvalue weighted by atomic mass is 9.99. The minimum Gasteiger partial charge on any atom is -0.492 e. The smallest absolute Gasteiger partial charge is 0.119 e. The Morgan fingerprint density at radius 1 is 0.643 bits per heavy atom. The molecule has 3 aromatic rings. The Kier molecular flexibility index (Phi) is 6.38. The second-order valence-electron chi connectivity index (χ2n) is 7.30. The van der Waals surface area contributed by atoms with Gasteiger partial charge in [0.05, 0.1) is 0 Å². The van der Waals surface area contributed by atoms with Gasteiger partial charge in [-0.1, -0.05) is 72.8 Å². The number of hydrogen-bond donors (Lipinski definition) is 0. The van der Waals surface area contributed by atoms with E-state index in [-0.39, 0.29) is 0 Å². The maximum Gasteiger partial charge on any atom is 0.119 e. The van der Waals surface area contributed by atoms with Crippen molar-refractivity contribution in [3.8, 4) is 16.9 Å². The molecule has 28 heavy (non-hydrogen) atoms. The topological polar surface area (TPSA) is 15.7 Å². The third-order valence-electron chi connectivity index (χ3n) is 5.38. The fourth-order valence-electron chi connectivity index (χ4n) is 3.78. The average Bonchev–Trinajstić information content (AvgIpc) is 2.77. The molecule has 0 aromatic heterocycles. The van der Waals surface area contributed by atoms with Crippen LogP contribution in [-0.4, -0.2) is 49.1 Å². The number of nitrogens with zero attached hydrogens (tertiary/aromatic N) is 2. The van der Waals surface area contributed by atoms with E-state index in [0.29, 0.717) is 0 Å². The molecule has 0 spiro atoms. The fourth-order valence-corrected chi connectivity index (χ4v) is 3.78. The first-order valence-electron chi connectivity index (χ1n) is 10.1. The number of para-hydroxylation sites is 1. The predicted molar refractivity (Wildman–Crippen MR) is 116 cm³/mol. The van der Waals surface area contributed by atoms with E-state index in [9.17, 15) is 0 Å². The molecule has 1 aliphatic heterocycles. The van der Waals surface area contributed by atoms with E-state index >= 15 is 0 Å². The van der Waals surface area contributed by atoms with Crippen LogP contribution in [0.3, 0.4) is 0 Å². The molecular weight excluding hydrogens is 344 g/mol. The molecular formula is C25H28N2O. The van der Waals surface area contributed by atoms with Gasteiger partial charge in [0, 0.05) is 39.3 Å². The molecule has 1 heterocycles. The first-order valence-corrected chi connectivity index (χ1v) is 10.1. The Balaban J connectivity index is 1.27. The van der Waals surface area contributed by atoms with Gasteiger partial charge in [0.1, 0.15) is 12.4 Å². The zero-order valence-corrected chi connectivity index (χ0v) is 16.3. The number of rotatable bonds is 7. The van der Waals surface area contributed by atoms with Crippen LogP contribution in [0.15, 0.2) is 84.9 Å². The van der Waals surface area contributed by atoms with Crippen molar-refractivity contribution in [1.82, 2.24) is 9.80 Å². The van der Waals surface area contributed by atoms with Gasteiger partial charge in [0.2, 0.25) is 0 Å². The molecule has 3 aromatic carbocycles. The number of benzene rings is 3. The van der Waals surface area contributed by atoms with Crippen molar-refractivity contribution < 1.29 is 4.74 Å². The molecule has 0 amide bonds. The Morgan fingerprint density at radius 3 is 2.00 bits per heavy atom. The summed E-state index contributed by atoms with van der Waals surface area (Å²) in [7, 11) is 0. The van der Waals surface area contributed by atoms with E-state index in [4.69, 9.17) is 4.74 Å². The number of ether oxygens (including phenoxy) is 1. The highest BCUT2D eigenvalue weighted by atomic mass is 16.5. The van der Waals surface area contributed by atoms with Crippen LogP contribution in [-0.2, 0) is 6.54 Å². The van der Waals surface area contributed by atoms with Gasteiger partial charge in [0.25, 0.3) is 0 Å². The van der Waals surface area contributed by atoms with Gasteiger partial charge in [-0.05, 0) is 28.8 Å². The van der Waals surface area contributed by atoms with Gasteiger partial charge >= 0.3 is 0 Å². The molecule has 0 radical (unpaired) electrons. The molecule has 3 nitrogen and oxygen atoms in total. The van der Waals surface area contributed by atoms with Crippen molar-refractivity contribution in [2.45, 2.75) is 6.54 Å². The third-order valence-corrected chi connectivity index (χ3v) is 5.38. The highest BCUT2D eigenvalue weighted by molar-refractivity contribution is 5.67. The van der Waals surface area contributed by atoms with Gasteiger partial charge in [-0.2, -0.15) is 0 Å². The summed E-state index contributed by atoms with van der Waals surface area (Å²) in [5.74, 6) is 0.957. The zero-order valence-electron chi connectivity index (χ0n) is 16.3. The van der Waals surface area contributed by atoms with Crippen molar-refractivity contribution >= 4 is 0 Å². The van der Waals surface area contributed by atoms with E-state index < -0.39 is 0 Å². The largest absolute Gasteiger partial charge is 0.492 e. The minimum atomic E-state index is 0.751. The van der Waals surface area contributed by atoms with E-state index in [1.54, 1.807) is 0 Å². The van der Waals surface area contributed by atoms with Crippen LogP contribution in [0.2, 0.25) is 0 Å². The van der Waals surface area contributed by atoms with E-state index in [1.165, 1.54) is 16.7 Å². The second kappa shape index (κ2) is 9.54. The third kappa shape index (κ3) is 5.00. The highest BCUT2D eigenvalue weighted by Gasteiger charge is 2.18. The molecule has 1 aliphatic rings. The normalized spacial score (nSPS) is 15.4. The maximum absolute atomic E-state index is 5.84. The monoisotopic (exact) mass is 372 g/mol. The lowest BCUT2D eigenvalue weighted by Crippen LogP contribution is -2.47. The van der Waals surface area contributed by atoms with Crippen LogP contribution < -0.4 is 4.74 Å². The molecule has 4 rings (SSSR count). The average molecular weight is 373 g/mol. The summed E-state index contributed by atoms with van der Waals surface area (Å²) in [4.78, 5) is 5.07.